The summed E-state index contributed by atoms with van der Waals surface area (Å²) in [6, 6.07) is 14.6. The zero-order chi connectivity index (χ0) is 19.4. The number of aromatic carboxylic acids is 1. The quantitative estimate of drug-likeness (QED) is 0.540. The topological polar surface area (TPSA) is 82.3 Å². The van der Waals surface area contributed by atoms with Crippen molar-refractivity contribution < 1.29 is 9.90 Å². The molecule has 1 N–H and O–H groups in total. The molecule has 6 heteroatoms. The smallest absolute Gasteiger partial charge is 0.0715 e. The summed E-state index contributed by atoms with van der Waals surface area (Å²) in [4.78, 5) is 10.8. The lowest BCUT2D eigenvalue weighted by Crippen LogP contribution is -2.21. The lowest BCUT2D eigenvalue weighted by Gasteiger charge is -2.05. The lowest BCUT2D eigenvalue weighted by atomic mass is 10.1. The molecule has 0 aliphatic rings. The highest BCUT2D eigenvalue weighted by atomic mass is 16.4. The number of rotatable bonds is 6. The van der Waals surface area contributed by atoms with Crippen molar-refractivity contribution in [3.8, 4) is 0 Å². The Morgan fingerprint density at radius 3 is 2.41 bits per heavy atom. The van der Waals surface area contributed by atoms with Gasteiger partial charge in [-0.1, -0.05) is 42.0 Å². The lowest BCUT2D eigenvalue weighted by molar-refractivity contribution is -0.255. The third-order valence-corrected chi connectivity index (χ3v) is 4.40. The van der Waals surface area contributed by atoms with E-state index in [1.165, 1.54) is 23.3 Å². The Kier molecular flexibility index (Phi) is 5.35. The fraction of sp³-hybridized carbons (Fsp3) is 0.190. The first kappa shape index (κ1) is 18.4. The maximum absolute atomic E-state index is 10.8. The Hall–Kier alpha value is -3.41. The second kappa shape index (κ2) is 7.86. The van der Waals surface area contributed by atoms with Crippen LogP contribution in [0.3, 0.4) is 0 Å². The molecule has 2 aromatic carbocycles. The van der Waals surface area contributed by atoms with E-state index in [0.717, 1.165) is 17.0 Å². The first-order valence-corrected chi connectivity index (χ1v) is 8.64. The first-order valence-electron chi connectivity index (χ1n) is 8.64. The fourth-order valence-electron chi connectivity index (χ4n) is 2.77. The van der Waals surface area contributed by atoms with Crippen LogP contribution < -0.4 is 10.5 Å². The number of hydrogen-bond donors (Lipinski definition) is 1. The second-order valence-electron chi connectivity index (χ2n) is 6.46. The van der Waals surface area contributed by atoms with Gasteiger partial charge in [-0.15, -0.1) is 0 Å². The minimum atomic E-state index is -1.20. The van der Waals surface area contributed by atoms with Gasteiger partial charge < -0.3 is 9.90 Å². The number of carboxylic acid groups (broad SMARTS) is 1. The Morgan fingerprint density at radius 2 is 1.78 bits per heavy atom. The van der Waals surface area contributed by atoms with Gasteiger partial charge in [0.1, 0.15) is 0 Å². The second-order valence-corrected chi connectivity index (χ2v) is 6.46. The predicted molar refractivity (Wildman–Crippen MR) is 104 cm³/mol. The van der Waals surface area contributed by atoms with Gasteiger partial charge in [0.05, 0.1) is 30.1 Å². The van der Waals surface area contributed by atoms with Gasteiger partial charge in [0.25, 0.3) is 0 Å². The van der Waals surface area contributed by atoms with Crippen molar-refractivity contribution in [2.24, 2.45) is 5.10 Å². The number of carbonyl (C=O) groups is 1. The molecule has 3 aromatic rings. The van der Waals surface area contributed by atoms with Crippen LogP contribution in [0.25, 0.3) is 0 Å². The van der Waals surface area contributed by atoms with Crippen LogP contribution in [-0.2, 0) is 6.54 Å². The van der Waals surface area contributed by atoms with Gasteiger partial charge in [-0.25, -0.2) is 0 Å². The highest BCUT2D eigenvalue weighted by Gasteiger charge is 2.10. The van der Waals surface area contributed by atoms with Crippen molar-refractivity contribution in [3.05, 3.63) is 82.2 Å². The largest absolute Gasteiger partial charge is 0.545 e. The molecule has 0 amide bonds. The molecule has 1 heterocycles. The Bertz CT molecular complexity index is 971. The van der Waals surface area contributed by atoms with E-state index in [1.807, 2.05) is 18.5 Å². The summed E-state index contributed by atoms with van der Waals surface area (Å²) in [5.41, 5.74) is 9.05. The third-order valence-electron chi connectivity index (χ3n) is 4.40. The molecule has 0 fully saturated rings. The molecule has 0 saturated heterocycles. The number of hydrogen-bond acceptors (Lipinski definition) is 5. The standard InChI is InChI=1S/C21H22N4O2/c1-14-4-6-17(7-5-14)13-25-16(3)20(15(2)24-25)12-22-23-19-10-8-18(9-11-19)21(26)27/h4-12,23H,13H2,1-3H3,(H,26,27)/p-1/b22-12-. The molecule has 0 bridgehead atoms. The maximum Gasteiger partial charge on any atom is 0.0715 e. The molecule has 0 aliphatic heterocycles. The van der Waals surface area contributed by atoms with E-state index in [-0.39, 0.29) is 5.56 Å². The number of carboxylic acids is 1. The summed E-state index contributed by atoms with van der Waals surface area (Å²) in [5, 5.41) is 19.6. The maximum atomic E-state index is 10.8. The van der Waals surface area contributed by atoms with Crippen LogP contribution in [0.2, 0.25) is 0 Å². The third kappa shape index (κ3) is 4.41. The average molecular weight is 361 g/mol. The van der Waals surface area contributed by atoms with Crippen LogP contribution in [0.15, 0.2) is 53.6 Å². The molecule has 6 nitrogen and oxygen atoms in total. The Morgan fingerprint density at radius 1 is 1.11 bits per heavy atom. The van der Waals surface area contributed by atoms with Crippen molar-refractivity contribution in [1.29, 1.82) is 0 Å². The molecule has 0 unspecified atom stereocenters. The number of aryl methyl sites for hydroxylation is 2. The van der Waals surface area contributed by atoms with Crippen LogP contribution in [0, 0.1) is 20.8 Å². The molecule has 1 aromatic heterocycles. The van der Waals surface area contributed by atoms with Crippen molar-refractivity contribution in [2.45, 2.75) is 27.3 Å². The number of anilines is 1. The molecule has 0 radical (unpaired) electrons. The van der Waals surface area contributed by atoms with Crippen LogP contribution >= 0.6 is 0 Å². The molecule has 0 atom stereocenters. The first-order chi connectivity index (χ1) is 12.9. The van der Waals surface area contributed by atoms with Crippen LogP contribution in [0.1, 0.15) is 38.4 Å². The zero-order valence-electron chi connectivity index (χ0n) is 15.6. The summed E-state index contributed by atoms with van der Waals surface area (Å²) in [5.74, 6) is -1.20. The predicted octanol–water partition coefficient (Wildman–Crippen LogP) is 2.67. The Balaban J connectivity index is 1.71. The minimum Gasteiger partial charge on any atom is -0.545 e. The van der Waals surface area contributed by atoms with Crippen LogP contribution in [0.4, 0.5) is 5.69 Å². The van der Waals surface area contributed by atoms with E-state index in [0.29, 0.717) is 12.2 Å². The fourth-order valence-corrected chi connectivity index (χ4v) is 2.77. The SMILES string of the molecule is Cc1ccc(Cn2nc(C)c(/C=N\Nc3ccc(C(=O)[O-])cc3)c2C)cc1. The van der Waals surface area contributed by atoms with Crippen LogP contribution in [0.5, 0.6) is 0 Å². The molecule has 0 saturated carbocycles. The molecule has 0 aliphatic carbocycles. The zero-order valence-corrected chi connectivity index (χ0v) is 15.6. The molecule has 27 heavy (non-hydrogen) atoms. The summed E-state index contributed by atoms with van der Waals surface area (Å²) in [6.45, 7) is 6.75. The summed E-state index contributed by atoms with van der Waals surface area (Å²) < 4.78 is 1.97. The van der Waals surface area contributed by atoms with Crippen molar-refractivity contribution >= 4 is 17.9 Å². The highest BCUT2D eigenvalue weighted by molar-refractivity contribution is 5.86. The van der Waals surface area contributed by atoms with Crippen molar-refractivity contribution in [1.82, 2.24) is 9.78 Å². The molecule has 3 rings (SSSR count). The number of aromatic nitrogens is 2. The van der Waals surface area contributed by atoms with E-state index in [4.69, 9.17) is 0 Å². The monoisotopic (exact) mass is 361 g/mol. The average Bonchev–Trinajstić information content (AvgIpc) is 2.91. The number of nitrogens with zero attached hydrogens (tertiary/aromatic N) is 3. The van der Waals surface area contributed by atoms with E-state index >= 15 is 0 Å². The molecular weight excluding hydrogens is 340 g/mol. The van der Waals surface area contributed by atoms with E-state index in [9.17, 15) is 9.90 Å². The number of benzene rings is 2. The summed E-state index contributed by atoms with van der Waals surface area (Å²) in [7, 11) is 0. The highest BCUT2D eigenvalue weighted by Crippen LogP contribution is 2.14. The number of carbonyl (C=O) groups excluding carboxylic acids is 1. The van der Waals surface area contributed by atoms with Gasteiger partial charge in [0.2, 0.25) is 0 Å². The summed E-state index contributed by atoms with van der Waals surface area (Å²) >= 11 is 0. The number of hydrazone groups is 1. The van der Waals surface area contributed by atoms with E-state index in [1.54, 1.807) is 18.3 Å². The van der Waals surface area contributed by atoms with Gasteiger partial charge in [-0.3, -0.25) is 10.1 Å². The number of nitrogens with one attached hydrogen (secondary N) is 1. The van der Waals surface area contributed by atoms with Crippen LogP contribution in [-0.4, -0.2) is 22.0 Å². The van der Waals surface area contributed by atoms with Gasteiger partial charge in [-0.2, -0.15) is 10.2 Å². The normalized spacial score (nSPS) is 11.1. The summed E-state index contributed by atoms with van der Waals surface area (Å²) in [6.07, 6.45) is 1.73. The van der Waals surface area contributed by atoms with E-state index < -0.39 is 5.97 Å². The van der Waals surface area contributed by atoms with Crippen molar-refractivity contribution in [2.75, 3.05) is 5.43 Å². The minimum absolute atomic E-state index is 0.133. The van der Waals surface area contributed by atoms with Crippen molar-refractivity contribution in [3.63, 3.8) is 0 Å². The van der Waals surface area contributed by atoms with Gasteiger partial charge >= 0.3 is 0 Å². The Labute approximate surface area is 158 Å². The van der Waals surface area contributed by atoms with E-state index in [2.05, 4.69) is 46.8 Å². The molecule has 0 spiro atoms. The van der Waals surface area contributed by atoms with Gasteiger partial charge in [-0.05, 0) is 44.0 Å². The van der Waals surface area contributed by atoms with Gasteiger partial charge in [0, 0.05) is 11.3 Å². The molecular formula is C21H21N4O2-. The molecule has 138 valence electrons. The van der Waals surface area contributed by atoms with Gasteiger partial charge in [0.15, 0.2) is 0 Å².